The van der Waals surface area contributed by atoms with Crippen LogP contribution in [-0.2, 0) is 6.54 Å². The molecule has 1 aromatic carbocycles. The van der Waals surface area contributed by atoms with E-state index < -0.39 is 0 Å². The highest BCUT2D eigenvalue weighted by Crippen LogP contribution is 2.24. The van der Waals surface area contributed by atoms with Crippen molar-refractivity contribution in [3.8, 4) is 0 Å². The van der Waals surface area contributed by atoms with Crippen LogP contribution in [0, 0.1) is 0 Å². The summed E-state index contributed by atoms with van der Waals surface area (Å²) in [6, 6.07) is 7.98. The van der Waals surface area contributed by atoms with Crippen LogP contribution in [0.2, 0.25) is 0 Å². The summed E-state index contributed by atoms with van der Waals surface area (Å²) in [6.07, 6.45) is 5.26. The summed E-state index contributed by atoms with van der Waals surface area (Å²) in [4.78, 5) is 3.97. The lowest BCUT2D eigenvalue weighted by atomic mass is 10.2. The van der Waals surface area contributed by atoms with Gasteiger partial charge in [-0.2, -0.15) is 5.12 Å². The second kappa shape index (κ2) is 3.20. The molecule has 0 amide bonds. The lowest BCUT2D eigenvalue weighted by Crippen LogP contribution is -2.28. The molecule has 0 N–H and O–H groups in total. The molecule has 0 saturated heterocycles. The van der Waals surface area contributed by atoms with Crippen LogP contribution in [0.4, 0.5) is 5.69 Å². The van der Waals surface area contributed by atoms with Gasteiger partial charge in [0.25, 0.3) is 0 Å². The molecular weight excluding hydrogens is 190 g/mol. The molecule has 1 aliphatic heterocycles. The van der Waals surface area contributed by atoms with Gasteiger partial charge in [-0.1, -0.05) is 18.2 Å². The molecule has 0 spiro atoms. The molecule has 0 atom stereocenters. The molecule has 0 unspecified atom stereocenters. The summed E-state index contributed by atoms with van der Waals surface area (Å²) in [6.45, 7) is 0.718. The zero-order chi connectivity index (χ0) is 10.1. The van der Waals surface area contributed by atoms with E-state index in [0.29, 0.717) is 0 Å². The molecule has 5 heteroatoms. The first-order valence-corrected chi connectivity index (χ1v) is 4.69. The fourth-order valence-electron chi connectivity index (χ4n) is 1.54. The van der Waals surface area contributed by atoms with Crippen LogP contribution in [0.25, 0.3) is 0 Å². The van der Waals surface area contributed by atoms with Crippen LogP contribution in [0.15, 0.2) is 53.3 Å². The summed E-state index contributed by atoms with van der Waals surface area (Å²) in [5.74, 6) is 0. The van der Waals surface area contributed by atoms with Crippen LogP contribution in [0.5, 0.6) is 0 Å². The van der Waals surface area contributed by atoms with Crippen LogP contribution < -0.4 is 5.12 Å². The number of fused-ring (bicyclic) bond motifs is 1. The predicted molar refractivity (Wildman–Crippen MR) is 55.1 cm³/mol. The molecule has 0 fully saturated rings. The van der Waals surface area contributed by atoms with Crippen LogP contribution in [0.3, 0.4) is 0 Å². The van der Waals surface area contributed by atoms with Gasteiger partial charge in [0.1, 0.15) is 6.33 Å². The Bertz CT molecular complexity index is 488. The van der Waals surface area contributed by atoms with Gasteiger partial charge in [-0.05, 0) is 11.3 Å². The van der Waals surface area contributed by atoms with Crippen molar-refractivity contribution in [3.05, 3.63) is 48.5 Å². The monoisotopic (exact) mass is 199 g/mol. The number of nitrogens with zero attached hydrogens (tertiary/aromatic N) is 5. The van der Waals surface area contributed by atoms with E-state index in [4.69, 9.17) is 0 Å². The molecule has 0 radical (unpaired) electrons. The maximum atomic E-state index is 4.13. The van der Waals surface area contributed by atoms with Crippen molar-refractivity contribution in [3.63, 3.8) is 0 Å². The highest BCUT2D eigenvalue weighted by Gasteiger charge is 2.12. The van der Waals surface area contributed by atoms with Gasteiger partial charge in [0.2, 0.25) is 0 Å². The van der Waals surface area contributed by atoms with Gasteiger partial charge in [-0.25, -0.2) is 9.66 Å². The van der Waals surface area contributed by atoms with E-state index in [2.05, 4.69) is 21.4 Å². The molecule has 15 heavy (non-hydrogen) atoms. The zero-order valence-electron chi connectivity index (χ0n) is 7.98. The van der Waals surface area contributed by atoms with Crippen LogP contribution in [-0.4, -0.2) is 9.66 Å². The molecule has 1 aromatic heterocycles. The maximum Gasteiger partial charge on any atom is 0.116 e. The van der Waals surface area contributed by atoms with E-state index in [1.54, 1.807) is 22.3 Å². The van der Waals surface area contributed by atoms with Crippen molar-refractivity contribution in [2.45, 2.75) is 6.54 Å². The summed E-state index contributed by atoms with van der Waals surface area (Å²) in [5.41, 5.74) is 2.11. The van der Waals surface area contributed by atoms with Crippen molar-refractivity contribution in [1.29, 1.82) is 0 Å². The minimum atomic E-state index is 0.718. The Balaban J connectivity index is 1.96. The average molecular weight is 199 g/mol. The number of hydrogen-bond donors (Lipinski definition) is 0. The number of hydrogen-bond acceptors (Lipinski definition) is 4. The van der Waals surface area contributed by atoms with E-state index >= 15 is 0 Å². The lowest BCUT2D eigenvalue weighted by molar-refractivity contribution is 0.566. The number of benzene rings is 1. The second-order valence-electron chi connectivity index (χ2n) is 3.29. The van der Waals surface area contributed by atoms with Crippen molar-refractivity contribution in [2.75, 3.05) is 5.12 Å². The largest absolute Gasteiger partial charge is 0.243 e. The summed E-state index contributed by atoms with van der Waals surface area (Å²) < 4.78 is 1.80. The van der Waals surface area contributed by atoms with Crippen molar-refractivity contribution in [2.24, 2.45) is 10.3 Å². The Morgan fingerprint density at radius 1 is 1.20 bits per heavy atom. The van der Waals surface area contributed by atoms with Crippen LogP contribution in [0.1, 0.15) is 5.56 Å². The van der Waals surface area contributed by atoms with Gasteiger partial charge in [0.05, 0.1) is 12.2 Å². The minimum Gasteiger partial charge on any atom is -0.243 e. The molecule has 2 aromatic rings. The molecular formula is C10H9N5. The summed E-state index contributed by atoms with van der Waals surface area (Å²) in [7, 11) is 0. The molecule has 0 saturated carbocycles. The number of imidazole rings is 1. The highest BCUT2D eigenvalue weighted by atomic mass is 15.8. The van der Waals surface area contributed by atoms with Crippen molar-refractivity contribution >= 4 is 5.69 Å². The SMILES string of the molecule is c1ccc2c(c1)CN(n1ccnc1)N=N2. The first kappa shape index (κ1) is 8.16. The fraction of sp³-hybridized carbons (Fsp3) is 0.100. The molecule has 0 aliphatic carbocycles. The normalized spacial score (nSPS) is 14.0. The smallest absolute Gasteiger partial charge is 0.116 e. The number of rotatable bonds is 1. The second-order valence-corrected chi connectivity index (χ2v) is 3.29. The Kier molecular flexibility index (Phi) is 1.74. The van der Waals surface area contributed by atoms with E-state index in [0.717, 1.165) is 12.2 Å². The molecule has 2 heterocycles. The van der Waals surface area contributed by atoms with Crippen LogP contribution >= 0.6 is 0 Å². The third-order valence-corrected chi connectivity index (χ3v) is 2.32. The first-order chi connectivity index (χ1) is 7.43. The molecule has 3 rings (SSSR count). The van der Waals surface area contributed by atoms with Gasteiger partial charge in [-0.3, -0.25) is 0 Å². The lowest BCUT2D eigenvalue weighted by Gasteiger charge is -2.22. The summed E-state index contributed by atoms with van der Waals surface area (Å²) in [5, 5.41) is 9.99. The maximum absolute atomic E-state index is 4.13. The Morgan fingerprint density at radius 3 is 3.00 bits per heavy atom. The van der Waals surface area contributed by atoms with E-state index in [9.17, 15) is 0 Å². The van der Waals surface area contributed by atoms with Gasteiger partial charge in [-0.15, -0.1) is 5.11 Å². The van der Waals surface area contributed by atoms with Gasteiger partial charge >= 0.3 is 0 Å². The van der Waals surface area contributed by atoms with Gasteiger partial charge in [0.15, 0.2) is 0 Å². The third-order valence-electron chi connectivity index (χ3n) is 2.32. The van der Waals surface area contributed by atoms with Gasteiger partial charge < -0.3 is 0 Å². The first-order valence-electron chi connectivity index (χ1n) is 4.69. The van der Waals surface area contributed by atoms with Gasteiger partial charge in [0, 0.05) is 18.0 Å². The fourth-order valence-corrected chi connectivity index (χ4v) is 1.54. The average Bonchev–Trinajstić information content (AvgIpc) is 2.82. The molecule has 5 nitrogen and oxygen atoms in total. The third kappa shape index (κ3) is 1.38. The quantitative estimate of drug-likeness (QED) is 0.705. The predicted octanol–water partition coefficient (Wildman–Crippen LogP) is 2.03. The Labute approximate surface area is 86.6 Å². The molecule has 1 aliphatic rings. The molecule has 74 valence electrons. The molecule has 0 bridgehead atoms. The highest BCUT2D eigenvalue weighted by molar-refractivity contribution is 5.46. The summed E-state index contributed by atoms with van der Waals surface area (Å²) >= 11 is 0. The van der Waals surface area contributed by atoms with E-state index in [1.165, 1.54) is 5.56 Å². The Morgan fingerprint density at radius 2 is 2.13 bits per heavy atom. The zero-order valence-corrected chi connectivity index (χ0v) is 7.98. The topological polar surface area (TPSA) is 45.8 Å². The van der Waals surface area contributed by atoms with Crippen molar-refractivity contribution < 1.29 is 0 Å². The standard InChI is InChI=1S/C10H9N5/c1-2-4-10-9(3-1)7-15(13-12-10)14-6-5-11-8-14/h1-6,8H,7H2. The van der Waals surface area contributed by atoms with E-state index in [1.807, 2.05) is 24.4 Å². The minimum absolute atomic E-state index is 0.718. The van der Waals surface area contributed by atoms with E-state index in [-0.39, 0.29) is 0 Å². The van der Waals surface area contributed by atoms with Crippen molar-refractivity contribution in [1.82, 2.24) is 9.66 Å². The Hall–Kier alpha value is -2.17. The number of aromatic nitrogens is 2.